The second kappa shape index (κ2) is 8.54. The quantitative estimate of drug-likeness (QED) is 0.562. The van der Waals surface area contributed by atoms with Gasteiger partial charge in [-0.2, -0.15) is 0 Å². The van der Waals surface area contributed by atoms with Gasteiger partial charge in [-0.05, 0) is 31.4 Å². The molecule has 1 unspecified atom stereocenters. The predicted molar refractivity (Wildman–Crippen MR) is 80.2 cm³/mol. The van der Waals surface area contributed by atoms with Crippen LogP contribution in [0.2, 0.25) is 0 Å². The predicted octanol–water partition coefficient (Wildman–Crippen LogP) is 3.74. The van der Waals surface area contributed by atoms with E-state index in [-0.39, 0.29) is 18.0 Å². The van der Waals surface area contributed by atoms with Crippen LogP contribution in [0.4, 0.5) is 0 Å². The zero-order valence-corrected chi connectivity index (χ0v) is 12.8. The Labute approximate surface area is 121 Å². The second-order valence-electron chi connectivity index (χ2n) is 5.00. The molecular weight excluding hydrogens is 252 g/mol. The van der Waals surface area contributed by atoms with Crippen LogP contribution in [0.5, 0.6) is 0 Å². The van der Waals surface area contributed by atoms with Gasteiger partial charge in [-0.25, -0.2) is 4.79 Å². The average Bonchev–Trinajstić information content (AvgIpc) is 2.43. The molecule has 0 aliphatic carbocycles. The third-order valence-electron chi connectivity index (χ3n) is 2.90. The lowest BCUT2D eigenvalue weighted by atomic mass is 10.0. The summed E-state index contributed by atoms with van der Waals surface area (Å²) in [6.45, 7) is 8.63. The molecule has 0 fully saturated rings. The van der Waals surface area contributed by atoms with E-state index in [1.165, 1.54) is 0 Å². The maximum absolute atomic E-state index is 11.8. The van der Waals surface area contributed by atoms with Crippen molar-refractivity contribution >= 4 is 5.97 Å². The van der Waals surface area contributed by atoms with Gasteiger partial charge in [-0.1, -0.05) is 44.2 Å². The minimum Gasteiger partial charge on any atom is -0.463 e. The fourth-order valence-electron chi connectivity index (χ4n) is 1.81. The molecule has 1 atom stereocenters. The van der Waals surface area contributed by atoms with Crippen LogP contribution >= 0.6 is 0 Å². The smallest absolute Gasteiger partial charge is 0.334 e. The molecule has 0 saturated heterocycles. The van der Waals surface area contributed by atoms with Crippen molar-refractivity contribution in [2.75, 3.05) is 6.61 Å². The summed E-state index contributed by atoms with van der Waals surface area (Å²) in [6, 6.07) is 9.98. The van der Waals surface area contributed by atoms with E-state index in [1.807, 2.05) is 64.1 Å². The van der Waals surface area contributed by atoms with Crippen LogP contribution in [0, 0.1) is 5.92 Å². The Morgan fingerprint density at radius 1 is 1.20 bits per heavy atom. The summed E-state index contributed by atoms with van der Waals surface area (Å²) in [4.78, 5) is 11.8. The van der Waals surface area contributed by atoms with E-state index in [0.717, 1.165) is 5.56 Å². The van der Waals surface area contributed by atoms with Crippen LogP contribution in [-0.4, -0.2) is 18.7 Å². The number of hydrogen-bond donors (Lipinski definition) is 0. The van der Waals surface area contributed by atoms with Crippen molar-refractivity contribution < 1.29 is 14.3 Å². The lowest BCUT2D eigenvalue weighted by Crippen LogP contribution is -2.16. The highest BCUT2D eigenvalue weighted by atomic mass is 16.5. The Morgan fingerprint density at radius 3 is 2.40 bits per heavy atom. The molecular formula is C17H24O3. The van der Waals surface area contributed by atoms with Gasteiger partial charge in [0.15, 0.2) is 0 Å². The number of carbonyl (C=O) groups excluding carboxylic acids is 1. The minimum absolute atomic E-state index is 0.122. The highest BCUT2D eigenvalue weighted by Gasteiger charge is 2.16. The first-order valence-electron chi connectivity index (χ1n) is 7.09. The molecule has 3 nitrogen and oxygen atoms in total. The molecule has 0 radical (unpaired) electrons. The summed E-state index contributed by atoms with van der Waals surface area (Å²) in [6.07, 6.45) is 1.73. The van der Waals surface area contributed by atoms with Crippen LogP contribution in [-0.2, 0) is 20.9 Å². The van der Waals surface area contributed by atoms with Crippen LogP contribution in [0.15, 0.2) is 42.0 Å². The second-order valence-corrected chi connectivity index (χ2v) is 5.00. The van der Waals surface area contributed by atoms with Crippen LogP contribution in [0.1, 0.15) is 33.3 Å². The third-order valence-corrected chi connectivity index (χ3v) is 2.90. The first kappa shape index (κ1) is 16.4. The van der Waals surface area contributed by atoms with Crippen molar-refractivity contribution in [3.05, 3.63) is 47.5 Å². The Hall–Kier alpha value is -1.61. The van der Waals surface area contributed by atoms with Gasteiger partial charge in [0.05, 0.1) is 19.3 Å². The normalized spacial score (nSPS) is 13.3. The minimum atomic E-state index is -0.252. The summed E-state index contributed by atoms with van der Waals surface area (Å²) in [7, 11) is 0. The molecule has 0 aliphatic heterocycles. The SMILES string of the molecule is CCOC(=O)/C(=C\C(C)OCc1ccccc1)C(C)C. The molecule has 0 aliphatic rings. The van der Waals surface area contributed by atoms with E-state index in [4.69, 9.17) is 9.47 Å². The van der Waals surface area contributed by atoms with Crippen molar-refractivity contribution in [2.24, 2.45) is 5.92 Å². The number of ether oxygens (including phenoxy) is 2. The van der Waals surface area contributed by atoms with Gasteiger partial charge in [-0.3, -0.25) is 0 Å². The van der Waals surface area contributed by atoms with Crippen LogP contribution in [0.25, 0.3) is 0 Å². The number of carbonyl (C=O) groups is 1. The Morgan fingerprint density at radius 2 is 1.85 bits per heavy atom. The molecule has 0 bridgehead atoms. The van der Waals surface area contributed by atoms with Gasteiger partial charge in [0, 0.05) is 5.57 Å². The molecule has 0 spiro atoms. The van der Waals surface area contributed by atoms with Gasteiger partial charge in [0.2, 0.25) is 0 Å². The molecule has 110 valence electrons. The molecule has 0 N–H and O–H groups in total. The monoisotopic (exact) mass is 276 g/mol. The third kappa shape index (κ3) is 5.57. The first-order chi connectivity index (χ1) is 9.54. The van der Waals surface area contributed by atoms with E-state index >= 15 is 0 Å². The maximum Gasteiger partial charge on any atom is 0.334 e. The summed E-state index contributed by atoms with van der Waals surface area (Å²) >= 11 is 0. The molecule has 0 heterocycles. The molecule has 20 heavy (non-hydrogen) atoms. The van der Waals surface area contributed by atoms with E-state index in [0.29, 0.717) is 18.8 Å². The zero-order valence-electron chi connectivity index (χ0n) is 12.8. The van der Waals surface area contributed by atoms with Gasteiger partial charge < -0.3 is 9.47 Å². The number of benzene rings is 1. The zero-order chi connectivity index (χ0) is 15.0. The largest absolute Gasteiger partial charge is 0.463 e. The standard InChI is InChI=1S/C17H24O3/c1-5-19-17(18)16(13(2)3)11-14(4)20-12-15-9-7-6-8-10-15/h6-11,13-14H,5,12H2,1-4H3/b16-11-. The van der Waals surface area contributed by atoms with Gasteiger partial charge in [-0.15, -0.1) is 0 Å². The lowest BCUT2D eigenvalue weighted by Gasteiger charge is -2.14. The number of hydrogen-bond acceptors (Lipinski definition) is 3. The Kier molecular flexibility index (Phi) is 7.02. The molecule has 0 aromatic heterocycles. The van der Waals surface area contributed by atoms with E-state index in [9.17, 15) is 4.79 Å². The molecule has 1 aromatic carbocycles. The maximum atomic E-state index is 11.8. The van der Waals surface area contributed by atoms with E-state index in [2.05, 4.69) is 0 Å². The van der Waals surface area contributed by atoms with Gasteiger partial charge in [0.1, 0.15) is 0 Å². The molecule has 1 aromatic rings. The Bertz CT molecular complexity index is 435. The summed E-state index contributed by atoms with van der Waals surface area (Å²) < 4.78 is 10.8. The van der Waals surface area contributed by atoms with Gasteiger partial charge in [0.25, 0.3) is 0 Å². The van der Waals surface area contributed by atoms with E-state index < -0.39 is 0 Å². The van der Waals surface area contributed by atoms with E-state index in [1.54, 1.807) is 0 Å². The van der Waals surface area contributed by atoms with Crippen molar-refractivity contribution in [1.29, 1.82) is 0 Å². The molecule has 0 saturated carbocycles. The van der Waals surface area contributed by atoms with Crippen LogP contribution in [0.3, 0.4) is 0 Å². The number of rotatable bonds is 7. The van der Waals surface area contributed by atoms with Crippen molar-refractivity contribution in [3.8, 4) is 0 Å². The topological polar surface area (TPSA) is 35.5 Å². The number of esters is 1. The highest BCUT2D eigenvalue weighted by Crippen LogP contribution is 2.14. The highest BCUT2D eigenvalue weighted by molar-refractivity contribution is 5.88. The molecule has 1 rings (SSSR count). The lowest BCUT2D eigenvalue weighted by molar-refractivity contribution is -0.139. The average molecular weight is 276 g/mol. The Balaban J connectivity index is 2.62. The van der Waals surface area contributed by atoms with Gasteiger partial charge >= 0.3 is 5.97 Å². The van der Waals surface area contributed by atoms with Crippen LogP contribution < -0.4 is 0 Å². The molecule has 3 heteroatoms. The summed E-state index contributed by atoms with van der Waals surface area (Å²) in [5, 5.41) is 0. The van der Waals surface area contributed by atoms with Crippen molar-refractivity contribution in [3.63, 3.8) is 0 Å². The first-order valence-corrected chi connectivity index (χ1v) is 7.09. The van der Waals surface area contributed by atoms with Crippen molar-refractivity contribution in [1.82, 2.24) is 0 Å². The molecule has 0 amide bonds. The fraction of sp³-hybridized carbons (Fsp3) is 0.471. The fourth-order valence-corrected chi connectivity index (χ4v) is 1.81. The summed E-state index contributed by atoms with van der Waals surface area (Å²) in [5.74, 6) is -0.130. The van der Waals surface area contributed by atoms with Crippen molar-refractivity contribution in [2.45, 2.75) is 40.4 Å². The summed E-state index contributed by atoms with van der Waals surface area (Å²) in [5.41, 5.74) is 1.79.